The molecule has 0 bridgehead atoms. The van der Waals surface area contributed by atoms with E-state index in [1.165, 1.54) is 0 Å². The van der Waals surface area contributed by atoms with E-state index >= 15 is 0 Å². The first-order valence-corrected chi connectivity index (χ1v) is 3.88. The van der Waals surface area contributed by atoms with Gasteiger partial charge in [0.1, 0.15) is 6.61 Å². The first-order valence-electron chi connectivity index (χ1n) is 3.88. The van der Waals surface area contributed by atoms with E-state index in [2.05, 4.69) is 0 Å². The molecule has 0 saturated heterocycles. The maximum atomic E-state index is 10.0. The second kappa shape index (κ2) is 4.42. The average Bonchev–Trinajstić information content (AvgIpc) is 1.85. The minimum absolute atomic E-state index is 0.0475. The predicted octanol–water partition coefficient (Wildman–Crippen LogP) is 0.495. The van der Waals surface area contributed by atoms with Crippen LogP contribution in [0.4, 0.5) is 0 Å². The highest BCUT2D eigenvalue weighted by molar-refractivity contribution is 5.67. The molecule has 72 valence electrons. The summed E-state index contributed by atoms with van der Waals surface area (Å²) >= 11 is 0. The van der Waals surface area contributed by atoms with E-state index in [0.29, 0.717) is 0 Å². The van der Waals surface area contributed by atoms with E-state index in [4.69, 9.17) is 9.84 Å². The number of carboxylic acid groups (broad SMARTS) is 1. The van der Waals surface area contributed by atoms with Crippen LogP contribution in [0.2, 0.25) is 0 Å². The molecular weight excluding hydrogens is 160 g/mol. The largest absolute Gasteiger partial charge is 0.480 e. The van der Waals surface area contributed by atoms with Crippen molar-refractivity contribution < 1.29 is 19.7 Å². The lowest BCUT2D eigenvalue weighted by molar-refractivity contribution is -0.145. The molecule has 2 N–H and O–H groups in total. The number of hydrogen-bond donors (Lipinski definition) is 2. The van der Waals surface area contributed by atoms with Gasteiger partial charge in [-0.1, -0.05) is 13.8 Å². The molecule has 4 nitrogen and oxygen atoms in total. The number of carbonyl (C=O) groups is 1. The van der Waals surface area contributed by atoms with Gasteiger partial charge in [-0.05, 0) is 12.8 Å². The fourth-order valence-corrected chi connectivity index (χ4v) is 0.512. The van der Waals surface area contributed by atoms with Gasteiger partial charge < -0.3 is 14.9 Å². The number of rotatable bonds is 5. The summed E-state index contributed by atoms with van der Waals surface area (Å²) in [6.07, 6.45) is 0. The average molecular weight is 176 g/mol. The molecule has 12 heavy (non-hydrogen) atoms. The van der Waals surface area contributed by atoms with Gasteiger partial charge in [-0.15, -0.1) is 0 Å². The predicted molar refractivity (Wildman–Crippen MR) is 43.9 cm³/mol. The summed E-state index contributed by atoms with van der Waals surface area (Å²) in [7, 11) is 0. The molecular formula is C8H16O4. The lowest BCUT2D eigenvalue weighted by atomic mass is 9.94. The van der Waals surface area contributed by atoms with E-state index < -0.39 is 11.6 Å². The summed E-state index contributed by atoms with van der Waals surface area (Å²) < 4.78 is 4.77. The third-order valence-corrected chi connectivity index (χ3v) is 1.86. The maximum Gasteiger partial charge on any atom is 0.329 e. The molecule has 4 heteroatoms. The van der Waals surface area contributed by atoms with Crippen molar-refractivity contribution in [3.8, 4) is 0 Å². The fourth-order valence-electron chi connectivity index (χ4n) is 0.512. The number of aliphatic carboxylic acids is 1. The molecule has 0 saturated carbocycles. The topological polar surface area (TPSA) is 66.8 Å². The van der Waals surface area contributed by atoms with Gasteiger partial charge in [0.2, 0.25) is 0 Å². The first kappa shape index (κ1) is 11.4. The molecule has 0 aromatic rings. The molecule has 0 aromatic carbocycles. The SMILES string of the molecule is CC(C)C(C)(O)COCC(=O)O. The summed E-state index contributed by atoms with van der Waals surface area (Å²) in [5.74, 6) is -0.971. The molecule has 0 spiro atoms. The van der Waals surface area contributed by atoms with Crippen molar-refractivity contribution in [1.82, 2.24) is 0 Å². The van der Waals surface area contributed by atoms with E-state index in [9.17, 15) is 9.90 Å². The van der Waals surface area contributed by atoms with Crippen molar-refractivity contribution in [1.29, 1.82) is 0 Å². The second-order valence-electron chi connectivity index (χ2n) is 3.40. The Bertz CT molecular complexity index is 151. The number of carboxylic acids is 1. The van der Waals surface area contributed by atoms with E-state index in [-0.39, 0.29) is 19.1 Å². The van der Waals surface area contributed by atoms with Crippen molar-refractivity contribution in [2.45, 2.75) is 26.4 Å². The second-order valence-corrected chi connectivity index (χ2v) is 3.40. The normalized spacial score (nSPS) is 16.1. The van der Waals surface area contributed by atoms with Gasteiger partial charge in [-0.25, -0.2) is 4.79 Å². The Morgan fingerprint density at radius 1 is 1.58 bits per heavy atom. The highest BCUT2D eigenvalue weighted by Gasteiger charge is 2.25. The van der Waals surface area contributed by atoms with Crippen LogP contribution < -0.4 is 0 Å². The zero-order valence-electron chi connectivity index (χ0n) is 7.70. The first-order chi connectivity index (χ1) is 5.36. The monoisotopic (exact) mass is 176 g/mol. The lowest BCUT2D eigenvalue weighted by Gasteiger charge is -2.26. The highest BCUT2D eigenvalue weighted by atomic mass is 16.5. The molecule has 0 fully saturated rings. The molecule has 0 aliphatic carbocycles. The minimum atomic E-state index is -1.02. The summed E-state index contributed by atoms with van der Waals surface area (Å²) in [6.45, 7) is 5.02. The molecule has 1 atom stereocenters. The molecule has 0 amide bonds. The third kappa shape index (κ3) is 4.31. The lowest BCUT2D eigenvalue weighted by Crippen LogP contribution is -2.37. The minimum Gasteiger partial charge on any atom is -0.480 e. The van der Waals surface area contributed by atoms with Crippen LogP contribution in [0.25, 0.3) is 0 Å². The summed E-state index contributed by atoms with van der Waals surface area (Å²) in [4.78, 5) is 10.0. The summed E-state index contributed by atoms with van der Waals surface area (Å²) in [6, 6.07) is 0. The molecule has 0 heterocycles. The van der Waals surface area contributed by atoms with Gasteiger partial charge >= 0.3 is 5.97 Å². The van der Waals surface area contributed by atoms with Crippen molar-refractivity contribution in [2.75, 3.05) is 13.2 Å². The van der Waals surface area contributed by atoms with Crippen LogP contribution in [-0.4, -0.2) is 35.0 Å². The van der Waals surface area contributed by atoms with Crippen LogP contribution in [0.15, 0.2) is 0 Å². The van der Waals surface area contributed by atoms with Gasteiger partial charge in [-0.2, -0.15) is 0 Å². The van der Waals surface area contributed by atoms with Gasteiger partial charge in [0.05, 0.1) is 12.2 Å². The van der Waals surface area contributed by atoms with Crippen molar-refractivity contribution in [2.24, 2.45) is 5.92 Å². The van der Waals surface area contributed by atoms with E-state index in [1.807, 2.05) is 13.8 Å². The van der Waals surface area contributed by atoms with Crippen molar-refractivity contribution >= 4 is 5.97 Å². The quantitative estimate of drug-likeness (QED) is 0.640. The van der Waals surface area contributed by atoms with Gasteiger partial charge in [0, 0.05) is 0 Å². The number of aliphatic hydroxyl groups is 1. The Morgan fingerprint density at radius 3 is 2.42 bits per heavy atom. The molecule has 0 aromatic heterocycles. The fraction of sp³-hybridized carbons (Fsp3) is 0.875. The Hall–Kier alpha value is -0.610. The molecule has 0 aliphatic rings. The summed E-state index contributed by atoms with van der Waals surface area (Å²) in [5.41, 5.74) is -0.949. The van der Waals surface area contributed by atoms with E-state index in [1.54, 1.807) is 6.92 Å². The smallest absolute Gasteiger partial charge is 0.329 e. The van der Waals surface area contributed by atoms with Crippen molar-refractivity contribution in [3.05, 3.63) is 0 Å². The molecule has 1 unspecified atom stereocenters. The third-order valence-electron chi connectivity index (χ3n) is 1.86. The van der Waals surface area contributed by atoms with Crippen molar-refractivity contribution in [3.63, 3.8) is 0 Å². The number of ether oxygens (including phenoxy) is 1. The Kier molecular flexibility index (Phi) is 4.20. The van der Waals surface area contributed by atoms with Gasteiger partial charge in [0.25, 0.3) is 0 Å². The Morgan fingerprint density at radius 2 is 2.08 bits per heavy atom. The van der Waals surface area contributed by atoms with Gasteiger partial charge in [0.15, 0.2) is 0 Å². The zero-order valence-corrected chi connectivity index (χ0v) is 7.70. The van der Waals surface area contributed by atoms with Crippen LogP contribution >= 0.6 is 0 Å². The molecule has 0 aliphatic heterocycles. The van der Waals surface area contributed by atoms with Crippen LogP contribution in [0, 0.1) is 5.92 Å². The molecule has 0 radical (unpaired) electrons. The highest BCUT2D eigenvalue weighted by Crippen LogP contribution is 2.15. The van der Waals surface area contributed by atoms with Crippen LogP contribution in [0.5, 0.6) is 0 Å². The Labute approximate surface area is 72.2 Å². The summed E-state index contributed by atoms with van der Waals surface area (Å²) in [5, 5.41) is 17.8. The van der Waals surface area contributed by atoms with E-state index in [0.717, 1.165) is 0 Å². The van der Waals surface area contributed by atoms with Crippen LogP contribution in [0.1, 0.15) is 20.8 Å². The maximum absolute atomic E-state index is 10.0. The standard InChI is InChI=1S/C8H16O4/c1-6(2)8(3,11)5-12-4-7(9)10/h6,11H,4-5H2,1-3H3,(H,9,10). The molecule has 0 rings (SSSR count). The number of hydrogen-bond acceptors (Lipinski definition) is 3. The van der Waals surface area contributed by atoms with Crippen LogP contribution in [-0.2, 0) is 9.53 Å². The van der Waals surface area contributed by atoms with Gasteiger partial charge in [-0.3, -0.25) is 0 Å². The van der Waals surface area contributed by atoms with Crippen LogP contribution in [0.3, 0.4) is 0 Å². The zero-order chi connectivity index (χ0) is 9.78. The Balaban J connectivity index is 3.69.